The molecule has 0 atom stereocenters. The number of carbonyl (C=O) groups is 1. The van der Waals surface area contributed by atoms with Crippen molar-refractivity contribution in [3.63, 3.8) is 0 Å². The van der Waals surface area contributed by atoms with Crippen LogP contribution in [0.4, 0.5) is 5.69 Å². The van der Waals surface area contributed by atoms with Gasteiger partial charge in [0, 0.05) is 8.95 Å². The van der Waals surface area contributed by atoms with E-state index in [0.717, 1.165) is 14.5 Å². The topological polar surface area (TPSA) is 38.3 Å². The molecule has 0 spiro atoms. The monoisotopic (exact) mass is 411 g/mol. The second-order valence-electron chi connectivity index (χ2n) is 4.71. The molecule has 0 aliphatic carbocycles. The second kappa shape index (κ2) is 7.09. The lowest BCUT2D eigenvalue weighted by atomic mass is 10.1. The summed E-state index contributed by atoms with van der Waals surface area (Å²) in [6, 6.07) is 11.4. The molecule has 3 nitrogen and oxygen atoms in total. The number of nitrogens with one attached hydrogen (secondary N) is 1. The van der Waals surface area contributed by atoms with Crippen molar-refractivity contribution in [1.82, 2.24) is 0 Å². The Morgan fingerprint density at radius 2 is 1.86 bits per heavy atom. The van der Waals surface area contributed by atoms with E-state index < -0.39 is 0 Å². The Bertz CT molecular complexity index is 671. The summed E-state index contributed by atoms with van der Waals surface area (Å²) in [5.41, 5.74) is 3.05. The van der Waals surface area contributed by atoms with Crippen LogP contribution in [-0.4, -0.2) is 12.5 Å². The fourth-order valence-electron chi connectivity index (χ4n) is 1.73. The fourth-order valence-corrected chi connectivity index (χ4v) is 2.44. The van der Waals surface area contributed by atoms with Gasteiger partial charge in [-0.1, -0.05) is 22.0 Å². The summed E-state index contributed by atoms with van der Waals surface area (Å²) in [5.74, 6) is 0.494. The van der Waals surface area contributed by atoms with Gasteiger partial charge in [0.1, 0.15) is 5.75 Å². The van der Waals surface area contributed by atoms with Crippen LogP contribution in [0, 0.1) is 13.8 Å². The molecule has 0 saturated carbocycles. The molecule has 1 amide bonds. The van der Waals surface area contributed by atoms with E-state index in [-0.39, 0.29) is 12.5 Å². The van der Waals surface area contributed by atoms with Crippen molar-refractivity contribution in [2.45, 2.75) is 13.8 Å². The van der Waals surface area contributed by atoms with E-state index in [2.05, 4.69) is 37.2 Å². The molecule has 0 aliphatic heterocycles. The summed E-state index contributed by atoms with van der Waals surface area (Å²) in [4.78, 5) is 11.9. The number of ether oxygens (including phenoxy) is 1. The van der Waals surface area contributed by atoms with Crippen LogP contribution in [0.2, 0.25) is 0 Å². The molecular weight excluding hydrogens is 398 g/mol. The third-order valence-corrected chi connectivity index (χ3v) is 4.24. The first kappa shape index (κ1) is 16.0. The van der Waals surface area contributed by atoms with Crippen LogP contribution in [0.5, 0.6) is 5.75 Å². The molecule has 2 aromatic carbocycles. The van der Waals surface area contributed by atoms with E-state index in [0.29, 0.717) is 11.4 Å². The maximum Gasteiger partial charge on any atom is 0.262 e. The zero-order valence-corrected chi connectivity index (χ0v) is 14.9. The van der Waals surface area contributed by atoms with Crippen molar-refractivity contribution in [2.75, 3.05) is 11.9 Å². The smallest absolute Gasteiger partial charge is 0.262 e. The Kier molecular flexibility index (Phi) is 5.42. The van der Waals surface area contributed by atoms with E-state index >= 15 is 0 Å². The first-order valence-corrected chi connectivity index (χ1v) is 7.99. The van der Waals surface area contributed by atoms with E-state index in [1.165, 1.54) is 5.56 Å². The van der Waals surface area contributed by atoms with Gasteiger partial charge in [-0.25, -0.2) is 0 Å². The molecule has 0 aliphatic rings. The summed E-state index contributed by atoms with van der Waals surface area (Å²) in [6.45, 7) is 4.03. The Hall–Kier alpha value is -1.33. The second-order valence-corrected chi connectivity index (χ2v) is 6.48. The number of aryl methyl sites for hydroxylation is 2. The van der Waals surface area contributed by atoms with Crippen molar-refractivity contribution in [1.29, 1.82) is 0 Å². The van der Waals surface area contributed by atoms with Crippen molar-refractivity contribution in [2.24, 2.45) is 0 Å². The first-order valence-electron chi connectivity index (χ1n) is 6.40. The number of amides is 1. The molecule has 0 bridgehead atoms. The molecule has 110 valence electrons. The van der Waals surface area contributed by atoms with Gasteiger partial charge in [0.05, 0.1) is 5.69 Å². The van der Waals surface area contributed by atoms with Crippen LogP contribution >= 0.6 is 31.9 Å². The minimum Gasteiger partial charge on any atom is -0.484 e. The Balaban J connectivity index is 1.95. The van der Waals surface area contributed by atoms with Gasteiger partial charge in [0.25, 0.3) is 5.91 Å². The zero-order chi connectivity index (χ0) is 15.4. The molecule has 0 heterocycles. The van der Waals surface area contributed by atoms with Gasteiger partial charge in [-0.2, -0.15) is 0 Å². The van der Waals surface area contributed by atoms with Gasteiger partial charge in [0.15, 0.2) is 6.61 Å². The highest BCUT2D eigenvalue weighted by atomic mass is 79.9. The quantitative estimate of drug-likeness (QED) is 0.779. The molecule has 5 heteroatoms. The predicted molar refractivity (Wildman–Crippen MR) is 91.9 cm³/mol. The maximum atomic E-state index is 11.9. The molecule has 0 radical (unpaired) electrons. The normalized spacial score (nSPS) is 10.3. The third kappa shape index (κ3) is 4.58. The minimum atomic E-state index is -0.202. The summed E-state index contributed by atoms with van der Waals surface area (Å²) in [6.07, 6.45) is 0. The lowest BCUT2D eigenvalue weighted by Gasteiger charge is -2.10. The van der Waals surface area contributed by atoms with Crippen molar-refractivity contribution < 1.29 is 9.53 Å². The van der Waals surface area contributed by atoms with E-state index in [1.807, 2.05) is 50.2 Å². The number of halogens is 2. The number of anilines is 1. The van der Waals surface area contributed by atoms with Crippen LogP contribution < -0.4 is 10.1 Å². The highest BCUT2D eigenvalue weighted by Gasteiger charge is 2.07. The SMILES string of the molecule is Cc1ccc(OCC(=O)Nc2cc(Br)ccc2Br)cc1C. The molecule has 0 unspecified atom stereocenters. The van der Waals surface area contributed by atoms with Gasteiger partial charge in [0.2, 0.25) is 0 Å². The lowest BCUT2D eigenvalue weighted by Crippen LogP contribution is -2.20. The van der Waals surface area contributed by atoms with Crippen LogP contribution in [0.25, 0.3) is 0 Å². The van der Waals surface area contributed by atoms with E-state index in [9.17, 15) is 4.79 Å². The van der Waals surface area contributed by atoms with Crippen LogP contribution in [0.15, 0.2) is 45.3 Å². The van der Waals surface area contributed by atoms with Gasteiger partial charge in [-0.15, -0.1) is 0 Å². The largest absolute Gasteiger partial charge is 0.484 e. The molecule has 0 saturated heterocycles. The first-order chi connectivity index (χ1) is 9.95. The van der Waals surface area contributed by atoms with Gasteiger partial charge < -0.3 is 10.1 Å². The number of hydrogen-bond donors (Lipinski definition) is 1. The average Bonchev–Trinajstić information content (AvgIpc) is 2.44. The molecule has 0 aromatic heterocycles. The van der Waals surface area contributed by atoms with E-state index in [1.54, 1.807) is 0 Å². The Labute approximate surface area is 141 Å². The van der Waals surface area contributed by atoms with Crippen LogP contribution in [-0.2, 0) is 4.79 Å². The number of hydrogen-bond acceptors (Lipinski definition) is 2. The molecular formula is C16H15Br2NO2. The van der Waals surface area contributed by atoms with Crippen LogP contribution in [0.1, 0.15) is 11.1 Å². The van der Waals surface area contributed by atoms with Gasteiger partial charge >= 0.3 is 0 Å². The summed E-state index contributed by atoms with van der Waals surface area (Å²) >= 11 is 6.77. The Morgan fingerprint density at radius 3 is 2.57 bits per heavy atom. The lowest BCUT2D eigenvalue weighted by molar-refractivity contribution is -0.118. The van der Waals surface area contributed by atoms with Crippen molar-refractivity contribution in [3.8, 4) is 5.75 Å². The zero-order valence-electron chi connectivity index (χ0n) is 11.7. The average molecular weight is 413 g/mol. The number of rotatable bonds is 4. The highest BCUT2D eigenvalue weighted by molar-refractivity contribution is 9.11. The maximum absolute atomic E-state index is 11.9. The Morgan fingerprint density at radius 1 is 1.10 bits per heavy atom. The van der Waals surface area contributed by atoms with Crippen molar-refractivity contribution in [3.05, 3.63) is 56.5 Å². The molecule has 21 heavy (non-hydrogen) atoms. The summed E-state index contributed by atoms with van der Waals surface area (Å²) < 4.78 is 7.23. The van der Waals surface area contributed by atoms with Crippen molar-refractivity contribution >= 4 is 43.5 Å². The van der Waals surface area contributed by atoms with Crippen LogP contribution in [0.3, 0.4) is 0 Å². The molecule has 0 fully saturated rings. The summed E-state index contributed by atoms with van der Waals surface area (Å²) in [5, 5.41) is 2.81. The van der Waals surface area contributed by atoms with Gasteiger partial charge in [-0.3, -0.25) is 4.79 Å². The third-order valence-electron chi connectivity index (χ3n) is 3.05. The number of carbonyl (C=O) groups excluding carboxylic acids is 1. The highest BCUT2D eigenvalue weighted by Crippen LogP contribution is 2.26. The summed E-state index contributed by atoms with van der Waals surface area (Å²) in [7, 11) is 0. The van der Waals surface area contributed by atoms with Gasteiger partial charge in [-0.05, 0) is 71.2 Å². The van der Waals surface area contributed by atoms with E-state index in [4.69, 9.17) is 4.74 Å². The molecule has 2 rings (SSSR count). The number of benzene rings is 2. The molecule has 1 N–H and O–H groups in total. The predicted octanol–water partition coefficient (Wildman–Crippen LogP) is 4.85. The fraction of sp³-hybridized carbons (Fsp3) is 0.188. The minimum absolute atomic E-state index is 0.0263. The molecule has 2 aromatic rings. The standard InChI is InChI=1S/C16H15Br2NO2/c1-10-3-5-13(7-11(10)2)21-9-16(20)19-15-8-12(17)4-6-14(15)18/h3-8H,9H2,1-2H3,(H,19,20).